The van der Waals surface area contributed by atoms with Crippen LogP contribution in [0.1, 0.15) is 15.9 Å². The molecular weight excluding hydrogens is 404 g/mol. The number of halogens is 1. The molecule has 0 radical (unpaired) electrons. The van der Waals surface area contributed by atoms with E-state index in [0.29, 0.717) is 4.47 Å². The first-order valence-electron chi connectivity index (χ1n) is 6.42. The van der Waals surface area contributed by atoms with Crippen molar-refractivity contribution >= 4 is 37.4 Å². The molecule has 1 aromatic carbocycles. The molecule has 1 aromatic heterocycles. The summed E-state index contributed by atoms with van der Waals surface area (Å²) in [6, 6.07) is 3.68. The molecule has 0 saturated carbocycles. The zero-order chi connectivity index (χ0) is 18.1. The first kappa shape index (κ1) is 18.0. The molecule has 0 saturated heterocycles. The van der Waals surface area contributed by atoms with Crippen LogP contribution in [-0.4, -0.2) is 31.4 Å². The number of esters is 1. The normalized spacial score (nSPS) is 11.1. The van der Waals surface area contributed by atoms with Gasteiger partial charge in [0.1, 0.15) is 9.79 Å². The summed E-state index contributed by atoms with van der Waals surface area (Å²) >= 11 is 3.13. The third-order valence-electron chi connectivity index (χ3n) is 3.28. The highest BCUT2D eigenvalue weighted by Crippen LogP contribution is 2.36. The summed E-state index contributed by atoms with van der Waals surface area (Å²) in [6.07, 6.45) is 2.19. The summed E-state index contributed by atoms with van der Waals surface area (Å²) in [5, 5.41) is 11.4. The van der Waals surface area contributed by atoms with Gasteiger partial charge < -0.3 is 4.74 Å². The minimum absolute atomic E-state index is 0.157. The Morgan fingerprint density at radius 2 is 1.96 bits per heavy atom. The second-order valence-electron chi connectivity index (χ2n) is 4.64. The van der Waals surface area contributed by atoms with Crippen LogP contribution in [-0.2, 0) is 14.6 Å². The smallest absolute Gasteiger partial charge is 0.339 e. The number of carbonyl (C=O) groups excluding carboxylic acids is 1. The largest absolute Gasteiger partial charge is 0.465 e. The number of nitro groups is 1. The van der Waals surface area contributed by atoms with Crippen molar-refractivity contribution in [2.75, 3.05) is 7.11 Å². The Labute approximate surface area is 145 Å². The van der Waals surface area contributed by atoms with Gasteiger partial charge >= 0.3 is 5.97 Å². The van der Waals surface area contributed by atoms with Gasteiger partial charge in [-0.15, -0.1) is 0 Å². The topological polar surface area (TPSA) is 116 Å². The first-order valence-corrected chi connectivity index (χ1v) is 8.70. The molecule has 0 spiro atoms. The maximum absolute atomic E-state index is 12.9. The van der Waals surface area contributed by atoms with E-state index < -0.39 is 36.2 Å². The van der Waals surface area contributed by atoms with Crippen LogP contribution < -0.4 is 0 Å². The van der Waals surface area contributed by atoms with Gasteiger partial charge in [0.05, 0.1) is 17.6 Å². The lowest BCUT2D eigenvalue weighted by atomic mass is 10.2. The Bertz CT molecular complexity index is 942. The fourth-order valence-electron chi connectivity index (χ4n) is 2.09. The molecule has 0 amide bonds. The van der Waals surface area contributed by atoms with Gasteiger partial charge in [-0.3, -0.25) is 15.1 Å². The highest BCUT2D eigenvalue weighted by Gasteiger charge is 2.33. The molecule has 0 aliphatic carbocycles. The monoisotopic (exact) mass is 414 g/mol. The number of methoxy groups -OCH3 is 1. The molecule has 126 valence electrons. The number of ether oxygens (including phenoxy) is 1. The molecule has 0 aliphatic heterocycles. The number of rotatable bonds is 4. The maximum atomic E-state index is 12.9. The summed E-state index contributed by atoms with van der Waals surface area (Å²) in [6.45, 7) is 1.42. The molecule has 24 heavy (non-hydrogen) atoms. The summed E-state index contributed by atoms with van der Waals surface area (Å²) < 4.78 is 30.7. The zero-order valence-electron chi connectivity index (χ0n) is 12.5. The molecule has 0 N–H and O–H groups in total. The number of benzene rings is 1. The highest BCUT2D eigenvalue weighted by molar-refractivity contribution is 9.10. The van der Waals surface area contributed by atoms with Crippen LogP contribution in [0.25, 0.3) is 0 Å². The van der Waals surface area contributed by atoms with E-state index in [1.807, 2.05) is 0 Å². The Hall–Kier alpha value is -2.33. The molecule has 2 rings (SSSR count). The van der Waals surface area contributed by atoms with Gasteiger partial charge in [0.25, 0.3) is 5.69 Å². The van der Waals surface area contributed by atoms with Crippen molar-refractivity contribution in [3.8, 4) is 0 Å². The van der Waals surface area contributed by atoms with Crippen molar-refractivity contribution in [3.63, 3.8) is 0 Å². The van der Waals surface area contributed by atoms with Crippen molar-refractivity contribution in [1.29, 1.82) is 0 Å². The van der Waals surface area contributed by atoms with Gasteiger partial charge in [-0.1, -0.05) is 15.9 Å². The fourth-order valence-corrected chi connectivity index (χ4v) is 4.01. The minimum atomic E-state index is -4.37. The van der Waals surface area contributed by atoms with Crippen LogP contribution in [0.2, 0.25) is 0 Å². The van der Waals surface area contributed by atoms with Crippen LogP contribution in [0, 0.1) is 17.0 Å². The van der Waals surface area contributed by atoms with Gasteiger partial charge in [-0.2, -0.15) is 0 Å². The van der Waals surface area contributed by atoms with E-state index in [-0.39, 0.29) is 11.1 Å². The Kier molecular flexibility index (Phi) is 4.99. The molecule has 0 aliphatic rings. The van der Waals surface area contributed by atoms with E-state index in [9.17, 15) is 23.3 Å². The highest BCUT2D eigenvalue weighted by atomic mass is 79.9. The van der Waals surface area contributed by atoms with Crippen molar-refractivity contribution in [2.24, 2.45) is 0 Å². The number of hydrogen-bond donors (Lipinski definition) is 0. The molecular formula is C14H11BrN2O6S. The average Bonchev–Trinajstić information content (AvgIpc) is 2.55. The van der Waals surface area contributed by atoms with Gasteiger partial charge in [-0.05, 0) is 25.1 Å². The van der Waals surface area contributed by atoms with Gasteiger partial charge in [-0.25, -0.2) is 13.2 Å². The number of nitro benzene ring substituents is 1. The Morgan fingerprint density at radius 3 is 2.54 bits per heavy atom. The van der Waals surface area contributed by atoms with Gasteiger partial charge in [0.15, 0.2) is 0 Å². The Morgan fingerprint density at radius 1 is 1.29 bits per heavy atom. The number of aromatic nitrogens is 1. The lowest BCUT2D eigenvalue weighted by Gasteiger charge is -2.10. The van der Waals surface area contributed by atoms with E-state index in [1.54, 1.807) is 0 Å². The fraction of sp³-hybridized carbons (Fsp3) is 0.143. The Balaban J connectivity index is 2.82. The predicted octanol–water partition coefficient (Wildman–Crippen LogP) is 2.68. The molecule has 0 unspecified atom stereocenters. The summed E-state index contributed by atoms with van der Waals surface area (Å²) in [4.78, 5) is 25.1. The third-order valence-corrected chi connectivity index (χ3v) is 5.95. The van der Waals surface area contributed by atoms with Crippen LogP contribution >= 0.6 is 15.9 Å². The van der Waals surface area contributed by atoms with Crippen molar-refractivity contribution < 1.29 is 22.9 Å². The van der Waals surface area contributed by atoms with Crippen LogP contribution in [0.5, 0.6) is 0 Å². The lowest BCUT2D eigenvalue weighted by Crippen LogP contribution is -2.13. The van der Waals surface area contributed by atoms with Crippen LogP contribution in [0.4, 0.5) is 5.69 Å². The number of pyridine rings is 1. The standard InChI is InChI=1S/C14H11BrN2O6S/c1-8-10(15)3-4-11(13(8)17(19)20)24(21,22)12-7-16-6-5-9(12)14(18)23-2/h3-7H,1-2H3. The van der Waals surface area contributed by atoms with E-state index in [2.05, 4.69) is 25.7 Å². The van der Waals surface area contributed by atoms with E-state index in [0.717, 1.165) is 19.4 Å². The number of sulfone groups is 1. The predicted molar refractivity (Wildman–Crippen MR) is 86.6 cm³/mol. The lowest BCUT2D eigenvalue weighted by molar-refractivity contribution is -0.388. The second kappa shape index (κ2) is 6.65. The zero-order valence-corrected chi connectivity index (χ0v) is 14.9. The summed E-state index contributed by atoms with van der Waals surface area (Å²) in [7, 11) is -3.26. The van der Waals surface area contributed by atoms with Crippen LogP contribution in [0.3, 0.4) is 0 Å². The summed E-state index contributed by atoms with van der Waals surface area (Å²) in [5.74, 6) is -0.882. The van der Waals surface area contributed by atoms with E-state index in [4.69, 9.17) is 0 Å². The minimum Gasteiger partial charge on any atom is -0.465 e. The molecule has 8 nitrogen and oxygen atoms in total. The average molecular weight is 415 g/mol. The summed E-state index contributed by atoms with van der Waals surface area (Å²) in [5.41, 5.74) is -0.656. The molecule has 0 bridgehead atoms. The first-order chi connectivity index (χ1) is 11.2. The third kappa shape index (κ3) is 3.02. The van der Waals surface area contributed by atoms with Crippen LogP contribution in [0.15, 0.2) is 44.9 Å². The SMILES string of the molecule is COC(=O)c1ccncc1S(=O)(=O)c1ccc(Br)c(C)c1[N+](=O)[O-]. The molecule has 0 fully saturated rings. The number of nitrogens with zero attached hydrogens (tertiary/aromatic N) is 2. The van der Waals surface area contributed by atoms with Gasteiger partial charge in [0, 0.05) is 22.4 Å². The number of carbonyl (C=O) groups is 1. The van der Waals surface area contributed by atoms with E-state index in [1.165, 1.54) is 25.3 Å². The quantitative estimate of drug-likeness (QED) is 0.428. The molecule has 0 atom stereocenters. The maximum Gasteiger partial charge on any atom is 0.339 e. The number of hydrogen-bond acceptors (Lipinski definition) is 7. The van der Waals surface area contributed by atoms with Crippen molar-refractivity contribution in [1.82, 2.24) is 4.98 Å². The van der Waals surface area contributed by atoms with E-state index >= 15 is 0 Å². The van der Waals surface area contributed by atoms with Gasteiger partial charge in [0.2, 0.25) is 9.84 Å². The second-order valence-corrected chi connectivity index (χ2v) is 7.38. The van der Waals surface area contributed by atoms with Crippen molar-refractivity contribution in [3.05, 3.63) is 56.3 Å². The van der Waals surface area contributed by atoms with Crippen molar-refractivity contribution in [2.45, 2.75) is 16.7 Å². The molecule has 10 heteroatoms. The molecule has 2 aromatic rings. The molecule has 1 heterocycles.